The molecule has 141 heavy (non-hydrogen) atoms. The van der Waals surface area contributed by atoms with Crippen LogP contribution < -0.4 is 0 Å². The van der Waals surface area contributed by atoms with Gasteiger partial charge in [0.15, 0.2) is 0 Å². The number of methoxy groups -OCH3 is 3. The number of ether oxygens (including phenoxy) is 3. The molecular formula is C133H171N3O5. The van der Waals surface area contributed by atoms with E-state index >= 15 is 0 Å². The molecule has 0 fully saturated rings. The Hall–Kier alpha value is -12.3. The Labute approximate surface area is 854 Å². The molecule has 12 rings (SSSR count). The van der Waals surface area contributed by atoms with Crippen LogP contribution in [-0.4, -0.2) is 53.7 Å². The van der Waals surface area contributed by atoms with Crippen LogP contribution in [0.4, 0.5) is 0 Å². The van der Waals surface area contributed by atoms with Gasteiger partial charge in [0, 0.05) is 66.5 Å². The number of allylic oxidation sites excluding steroid dienone is 6. The molecule has 0 aliphatic heterocycles. The van der Waals surface area contributed by atoms with E-state index in [4.69, 9.17) is 5.11 Å². The number of rotatable bonds is 37. The van der Waals surface area contributed by atoms with Gasteiger partial charge in [-0.15, -0.1) is 0 Å². The zero-order valence-corrected chi connectivity index (χ0v) is 89.5. The predicted molar refractivity (Wildman–Crippen MR) is 607 cm³/mol. The molecule has 1 N–H and O–H groups in total. The molecule has 0 saturated heterocycles. The van der Waals surface area contributed by atoms with Crippen LogP contribution in [0.2, 0.25) is 0 Å². The van der Waals surface area contributed by atoms with E-state index in [0.29, 0.717) is 69.5 Å². The number of benzene rings is 12. The van der Waals surface area contributed by atoms with Crippen molar-refractivity contribution >= 4 is 45.7 Å². The van der Waals surface area contributed by atoms with Gasteiger partial charge in [0.2, 0.25) is 0 Å². The molecule has 0 saturated carbocycles. The highest BCUT2D eigenvalue weighted by Crippen LogP contribution is 2.43. The first-order chi connectivity index (χ1) is 67.8. The maximum Gasteiger partial charge on any atom is 0.328 e. The van der Waals surface area contributed by atoms with E-state index in [2.05, 4.69) is 452 Å². The highest BCUT2D eigenvalue weighted by atomic mass is 16.5. The van der Waals surface area contributed by atoms with E-state index < -0.39 is 5.97 Å². The molecule has 0 aliphatic carbocycles. The molecule has 748 valence electrons. The molecule has 0 aromatic heterocycles. The summed E-state index contributed by atoms with van der Waals surface area (Å²) in [5.74, 6) is 3.19. The zero-order valence-electron chi connectivity index (χ0n) is 89.5. The molecule has 0 bridgehead atoms. The first-order valence-electron chi connectivity index (χ1n) is 51.1. The lowest BCUT2D eigenvalue weighted by Crippen LogP contribution is -2.14. The van der Waals surface area contributed by atoms with Crippen LogP contribution in [-0.2, 0) is 19.0 Å². The minimum absolute atomic E-state index is 0.0910. The van der Waals surface area contributed by atoms with E-state index in [1.165, 1.54) is 66.1 Å². The van der Waals surface area contributed by atoms with Gasteiger partial charge in [-0.25, -0.2) is 4.79 Å². The van der Waals surface area contributed by atoms with Crippen molar-refractivity contribution in [3.8, 4) is 18.2 Å². The van der Waals surface area contributed by atoms with Gasteiger partial charge in [0.1, 0.15) is 0 Å². The Bertz CT molecular complexity index is 4990. The number of fused-ring (bicyclic) bond motifs is 2. The van der Waals surface area contributed by atoms with E-state index in [-0.39, 0.29) is 17.8 Å². The van der Waals surface area contributed by atoms with Crippen molar-refractivity contribution in [2.75, 3.05) is 42.7 Å². The van der Waals surface area contributed by atoms with Crippen LogP contribution in [0.25, 0.3) is 39.8 Å². The molecule has 9 atom stereocenters. The third kappa shape index (κ3) is 54.3. The molecular weight excluding hydrogens is 1720 g/mol. The number of nitriles is 3. The van der Waals surface area contributed by atoms with Gasteiger partial charge in [0.25, 0.3) is 0 Å². The Balaban J connectivity index is 0.000000359. The third-order valence-corrected chi connectivity index (χ3v) is 24.5. The minimum atomic E-state index is -0.922. The van der Waals surface area contributed by atoms with Crippen molar-refractivity contribution in [3.05, 3.63) is 426 Å². The quantitative estimate of drug-likeness (QED) is 0.0176. The number of hydrogen-bond acceptors (Lipinski definition) is 7. The van der Waals surface area contributed by atoms with Crippen molar-refractivity contribution in [1.82, 2.24) is 0 Å². The summed E-state index contributed by atoms with van der Waals surface area (Å²) in [5.41, 5.74) is 12.8. The van der Waals surface area contributed by atoms with Gasteiger partial charge in [-0.3, -0.25) is 0 Å². The summed E-state index contributed by atoms with van der Waals surface area (Å²) < 4.78 is 12.8. The fraction of sp³-hybridized carbons (Fsp3) is 0.383. The Kier molecular flexibility index (Phi) is 61.1. The van der Waals surface area contributed by atoms with E-state index in [9.17, 15) is 20.6 Å². The highest BCUT2D eigenvalue weighted by Gasteiger charge is 2.29. The molecule has 0 heterocycles. The van der Waals surface area contributed by atoms with Gasteiger partial charge in [0.05, 0.1) is 18.2 Å². The summed E-state index contributed by atoms with van der Waals surface area (Å²) in [5, 5.41) is 42.8. The summed E-state index contributed by atoms with van der Waals surface area (Å²) in [6, 6.07) is 124. The largest absolute Gasteiger partial charge is 0.478 e. The third-order valence-electron chi connectivity index (χ3n) is 24.5. The molecule has 9 unspecified atom stereocenters. The number of nitrogens with zero attached hydrogens (tertiary/aromatic N) is 3. The molecule has 0 aliphatic rings. The molecule has 0 amide bonds. The van der Waals surface area contributed by atoms with Crippen molar-refractivity contribution in [2.24, 2.45) is 51.8 Å². The number of carbonyl (C=O) groups is 1. The summed E-state index contributed by atoms with van der Waals surface area (Å²) in [4.78, 5) is 10.1. The first kappa shape index (κ1) is 121. The molecule has 0 spiro atoms. The van der Waals surface area contributed by atoms with Crippen LogP contribution in [0.5, 0.6) is 0 Å². The number of carboxylic acid groups (broad SMARTS) is 1. The minimum Gasteiger partial charge on any atom is -0.478 e. The second-order valence-corrected chi connectivity index (χ2v) is 41.4. The lowest BCUT2D eigenvalue weighted by Gasteiger charge is -2.27. The van der Waals surface area contributed by atoms with Crippen LogP contribution in [0.15, 0.2) is 376 Å². The van der Waals surface area contributed by atoms with Gasteiger partial charge in [-0.1, -0.05) is 474 Å². The number of carboxylic acids is 1. The lowest BCUT2D eigenvalue weighted by molar-refractivity contribution is -0.131. The van der Waals surface area contributed by atoms with Gasteiger partial charge in [-0.05, 0) is 256 Å². The normalized spacial score (nSPS) is 13.2. The topological polar surface area (TPSA) is 136 Å². The predicted octanol–water partition coefficient (Wildman–Crippen LogP) is 37.1. The van der Waals surface area contributed by atoms with E-state index in [1.807, 2.05) is 66.7 Å². The monoisotopic (exact) mass is 1890 g/mol. The van der Waals surface area contributed by atoms with Gasteiger partial charge >= 0.3 is 5.97 Å². The fourth-order valence-corrected chi connectivity index (χ4v) is 16.6. The average Bonchev–Trinajstić information content (AvgIpc) is 0.810. The first-order valence-corrected chi connectivity index (χ1v) is 51.1. The highest BCUT2D eigenvalue weighted by molar-refractivity contribution is 5.98. The van der Waals surface area contributed by atoms with Gasteiger partial charge < -0.3 is 19.3 Å². The smallest absolute Gasteiger partial charge is 0.328 e. The van der Waals surface area contributed by atoms with Crippen LogP contribution in [0, 0.1) is 85.7 Å². The number of hydrogen-bond donors (Lipinski definition) is 1. The summed E-state index contributed by atoms with van der Waals surface area (Å²) in [6.45, 7) is 33.6. The molecule has 0 radical (unpaired) electrons. The van der Waals surface area contributed by atoms with E-state index in [1.54, 1.807) is 48.7 Å². The maximum absolute atomic E-state index is 10.1. The fourth-order valence-electron chi connectivity index (χ4n) is 16.6. The molecule has 8 heteroatoms. The Morgan fingerprint density at radius 2 is 0.461 bits per heavy atom. The second kappa shape index (κ2) is 71.2. The van der Waals surface area contributed by atoms with Crippen LogP contribution in [0.1, 0.15) is 286 Å². The van der Waals surface area contributed by atoms with Crippen molar-refractivity contribution in [2.45, 2.75) is 236 Å². The number of aliphatic carboxylic acids is 1. The molecule has 8 nitrogen and oxygen atoms in total. The van der Waals surface area contributed by atoms with Crippen LogP contribution >= 0.6 is 0 Å². The van der Waals surface area contributed by atoms with Crippen molar-refractivity contribution in [1.29, 1.82) is 15.8 Å². The summed E-state index contributed by atoms with van der Waals surface area (Å²) >= 11 is 0. The standard InChI is InChI=1S/3C30H41N.C14H10.C14H12.C9H8O2.3C2H6O/c3*1-24(2)29(23-31)22-28(26-17-11-7-12-18-26)21-27(25-15-9-6-10-16-25)19-13-8-14-20-30(3,4)5;1-2-6-12-10-14-8-4-3-7-13(14)9-11(12)5-1;1-3-7-13(8-4-1)11-12-14-9-5-2-6-10-14;10-9(11)7-6-8-4-2-1-3-5-8;3*1-3-2/h3*6-12,14-18,24,27-29H,13,19-22H2,1-5H3;1-10H;1-12H;1-7H,(H,10,11);3*1-2H3/b3*14-8+;;12-11+;7-6+;;;. The van der Waals surface area contributed by atoms with E-state index in [0.717, 1.165) is 108 Å². The zero-order chi connectivity index (χ0) is 103. The van der Waals surface area contributed by atoms with Crippen molar-refractivity contribution in [3.63, 3.8) is 0 Å². The Morgan fingerprint density at radius 3 is 0.645 bits per heavy atom. The Morgan fingerprint density at radius 1 is 0.277 bits per heavy atom. The second-order valence-electron chi connectivity index (χ2n) is 41.4. The summed E-state index contributed by atoms with van der Waals surface area (Å²) in [7, 11) is 9.75. The molecule has 12 aromatic rings. The average molecular weight is 1890 g/mol. The summed E-state index contributed by atoms with van der Waals surface area (Å²) in [6.07, 6.45) is 37.2. The molecule has 12 aromatic carbocycles. The van der Waals surface area contributed by atoms with Gasteiger partial charge in [-0.2, -0.15) is 15.8 Å². The maximum atomic E-state index is 10.1. The van der Waals surface area contributed by atoms with Crippen molar-refractivity contribution < 1.29 is 24.1 Å². The van der Waals surface area contributed by atoms with Crippen LogP contribution in [0.3, 0.4) is 0 Å². The lowest BCUT2D eigenvalue weighted by atomic mass is 9.77. The SMILES string of the molecule is C(=C\c1ccccc1)/c1ccccc1.CC(C)C(C#N)CC(CC(CC/C=C/CC(C)(C)C)c1ccccc1)c1ccccc1.CC(C)C(C#N)CC(CC(CC/C=C/CC(C)(C)C)c1ccccc1)c1ccccc1.CC(C)C(C#N)CC(CC(CC/C=C/CC(C)(C)C)c1ccccc1)c1ccccc1.COC.COC.COC.O=C(O)/C=C/c1ccccc1.c1ccc2cc3ccccc3cc2c1.